The number of amides is 1. The lowest BCUT2D eigenvalue weighted by atomic mass is 9.39. The van der Waals surface area contributed by atoms with Crippen LogP contribution in [0, 0.1) is 0 Å². The Labute approximate surface area is 220 Å². The molecule has 4 rings (SSSR count). The maximum absolute atomic E-state index is 14.0. The second-order valence-corrected chi connectivity index (χ2v) is 10.3. The molecule has 3 aromatic rings. The molecule has 0 radical (unpaired) electrons. The molecular formula is C21H23B7F3N3O3. The predicted octanol–water partition coefficient (Wildman–Crippen LogP) is -5.31. The topological polar surface area (TPSA) is 64.6 Å². The Kier molecular flexibility index (Phi) is 6.75. The van der Waals surface area contributed by atoms with Crippen molar-refractivity contribution in [3.05, 3.63) is 53.9 Å². The molecule has 1 amide bonds. The maximum atomic E-state index is 14.0. The number of hydrogen-bond donors (Lipinski definition) is 0. The Bertz CT molecular complexity index is 1350. The number of hydrogen-bond acceptors (Lipinski definition) is 5. The highest BCUT2D eigenvalue weighted by Crippen LogP contribution is 2.37. The van der Waals surface area contributed by atoms with E-state index in [0.29, 0.717) is 28.3 Å². The molecule has 0 saturated heterocycles. The van der Waals surface area contributed by atoms with Gasteiger partial charge in [0.2, 0.25) is 0 Å². The molecule has 1 aromatic heterocycles. The van der Waals surface area contributed by atoms with E-state index in [1.54, 1.807) is 23.1 Å². The van der Waals surface area contributed by atoms with Crippen LogP contribution in [0.1, 0.15) is 16.2 Å². The van der Waals surface area contributed by atoms with Gasteiger partial charge >= 0.3 is 6.36 Å². The van der Waals surface area contributed by atoms with E-state index in [-0.39, 0.29) is 18.2 Å². The van der Waals surface area contributed by atoms with E-state index in [4.69, 9.17) is 4.74 Å². The molecular weight excluding hydrogens is 475 g/mol. The van der Waals surface area contributed by atoms with Crippen molar-refractivity contribution in [2.45, 2.75) is 23.6 Å². The molecule has 1 aliphatic heterocycles. The van der Waals surface area contributed by atoms with Crippen molar-refractivity contribution in [1.82, 2.24) is 14.9 Å². The molecule has 0 saturated carbocycles. The summed E-state index contributed by atoms with van der Waals surface area (Å²) >= 11 is 0. The lowest BCUT2D eigenvalue weighted by Gasteiger charge is -2.47. The first-order valence-electron chi connectivity index (χ1n) is 11.9. The lowest BCUT2D eigenvalue weighted by molar-refractivity contribution is -0.274. The normalized spacial score (nSPS) is 16.4. The molecule has 1 aliphatic rings. The fraction of sp³-hybridized carbons (Fsp3) is 0.190. The van der Waals surface area contributed by atoms with Crippen LogP contribution < -0.4 is 26.1 Å². The summed E-state index contributed by atoms with van der Waals surface area (Å²) in [6.07, 6.45) is -4.77. The smallest absolute Gasteiger partial charge is 0.504 e. The Balaban J connectivity index is 1.75. The van der Waals surface area contributed by atoms with E-state index in [1.807, 2.05) is 54.9 Å². The molecule has 0 atom stereocenters. The van der Waals surface area contributed by atoms with Gasteiger partial charge in [-0.2, -0.15) is 0 Å². The number of carbonyl (C=O) groups is 1. The minimum atomic E-state index is -4.77. The van der Waals surface area contributed by atoms with Crippen molar-refractivity contribution >= 4 is 77.5 Å². The van der Waals surface area contributed by atoms with E-state index in [1.165, 1.54) is 24.3 Å². The summed E-state index contributed by atoms with van der Waals surface area (Å²) in [5.41, 5.74) is 4.37. The molecule has 16 heteroatoms. The Morgan fingerprint density at radius 2 is 1.49 bits per heavy atom. The molecule has 0 spiro atoms. The van der Waals surface area contributed by atoms with Crippen LogP contribution >= 0.6 is 0 Å². The van der Waals surface area contributed by atoms with Crippen molar-refractivity contribution in [1.29, 1.82) is 0 Å². The standard InChI is InChI=1S/C21H23B7F3N3O3/c22-15-16(23)32-14(33-17(15)24)8-34-18(35)12-7-10(3-6-13(12)37-20(27,28)19(34,25)26)9-1-4-11(5-2-9)36-21(29,30)31/h1-7H,8,22-28H2. The van der Waals surface area contributed by atoms with Gasteiger partial charge in [0, 0.05) is 10.7 Å². The highest BCUT2D eigenvalue weighted by atomic mass is 19.4. The third-order valence-electron chi connectivity index (χ3n) is 7.37. The zero-order valence-corrected chi connectivity index (χ0v) is 21.9. The van der Waals surface area contributed by atoms with Gasteiger partial charge < -0.3 is 14.4 Å². The monoisotopic (exact) mass is 499 g/mol. The third kappa shape index (κ3) is 5.29. The number of alkyl halides is 3. The van der Waals surface area contributed by atoms with E-state index >= 15 is 0 Å². The maximum Gasteiger partial charge on any atom is 0.573 e. The third-order valence-corrected chi connectivity index (χ3v) is 7.37. The molecule has 37 heavy (non-hydrogen) atoms. The average Bonchev–Trinajstić information content (AvgIpc) is 2.84. The fourth-order valence-corrected chi connectivity index (χ4v) is 4.26. The molecule has 0 N–H and O–H groups in total. The number of carbonyl (C=O) groups excluding carboxylic acids is 1. The Hall–Kier alpha value is -3.17. The zero-order valence-electron chi connectivity index (χ0n) is 21.9. The van der Waals surface area contributed by atoms with Gasteiger partial charge in [-0.25, -0.2) is 9.97 Å². The van der Waals surface area contributed by atoms with Crippen molar-refractivity contribution in [2.24, 2.45) is 0 Å². The minimum absolute atomic E-state index is 0.188. The summed E-state index contributed by atoms with van der Waals surface area (Å²) < 4.78 is 47.9. The first-order chi connectivity index (χ1) is 17.1. The van der Waals surface area contributed by atoms with Gasteiger partial charge in [-0.3, -0.25) is 4.79 Å². The molecule has 0 bridgehead atoms. The quantitative estimate of drug-likeness (QED) is 0.337. The summed E-state index contributed by atoms with van der Waals surface area (Å²) in [4.78, 5) is 25.0. The number of fused-ring (bicyclic) bond motifs is 1. The summed E-state index contributed by atoms with van der Waals surface area (Å²) in [6, 6.07) is 10.7. The van der Waals surface area contributed by atoms with Crippen LogP contribution in [-0.2, 0) is 6.54 Å². The number of nitrogens with zero attached hydrogens (tertiary/aromatic N) is 3. The number of ether oxygens (including phenoxy) is 2. The van der Waals surface area contributed by atoms with Crippen molar-refractivity contribution in [3.8, 4) is 22.6 Å². The Morgan fingerprint density at radius 1 is 0.919 bits per heavy atom. The molecule has 0 unspecified atom stereocenters. The fourth-order valence-electron chi connectivity index (χ4n) is 4.26. The van der Waals surface area contributed by atoms with Gasteiger partial charge in [0.05, 0.1) is 12.1 Å². The molecule has 0 aliphatic carbocycles. The summed E-state index contributed by atoms with van der Waals surface area (Å²) in [6.45, 7) is 0.188. The molecule has 0 fully saturated rings. The minimum Gasteiger partial charge on any atom is -0.504 e. The number of aromatic nitrogens is 2. The van der Waals surface area contributed by atoms with Gasteiger partial charge in [0.15, 0.2) is 15.7 Å². The zero-order chi connectivity index (χ0) is 27.3. The highest BCUT2D eigenvalue weighted by molar-refractivity contribution is 6.56. The first-order valence-corrected chi connectivity index (χ1v) is 11.9. The average molecular weight is 498 g/mol. The van der Waals surface area contributed by atoms with Crippen LogP contribution in [0.25, 0.3) is 11.1 Å². The van der Waals surface area contributed by atoms with Gasteiger partial charge in [0.1, 0.15) is 56.6 Å². The molecule has 2 aromatic carbocycles. The van der Waals surface area contributed by atoms with Crippen molar-refractivity contribution in [3.63, 3.8) is 0 Å². The van der Waals surface area contributed by atoms with Gasteiger partial charge in [-0.15, -0.1) is 13.2 Å². The van der Waals surface area contributed by atoms with E-state index in [9.17, 15) is 18.0 Å². The van der Waals surface area contributed by atoms with Crippen LogP contribution in [0.2, 0.25) is 0 Å². The predicted molar refractivity (Wildman–Crippen MR) is 155 cm³/mol. The summed E-state index contributed by atoms with van der Waals surface area (Å²) in [5.74, 6) is 0.411. The summed E-state index contributed by atoms with van der Waals surface area (Å²) in [7, 11) is 13.6. The first kappa shape index (κ1) is 26.9. The van der Waals surface area contributed by atoms with Crippen LogP contribution in [0.5, 0.6) is 11.5 Å². The number of rotatable bonds is 4. The second kappa shape index (κ2) is 9.29. The van der Waals surface area contributed by atoms with Crippen LogP contribution in [0.4, 0.5) is 13.2 Å². The molecule has 2 heterocycles. The van der Waals surface area contributed by atoms with Gasteiger partial charge in [-0.05, 0) is 46.6 Å². The van der Waals surface area contributed by atoms with Gasteiger partial charge in [0.25, 0.3) is 5.91 Å². The van der Waals surface area contributed by atoms with Gasteiger partial charge in [-0.1, -0.05) is 23.7 Å². The van der Waals surface area contributed by atoms with Crippen LogP contribution in [-0.4, -0.2) is 92.8 Å². The largest absolute Gasteiger partial charge is 0.573 e. The van der Waals surface area contributed by atoms with Crippen molar-refractivity contribution in [2.75, 3.05) is 0 Å². The lowest BCUT2D eigenvalue weighted by Crippen LogP contribution is -2.69. The number of halogens is 3. The van der Waals surface area contributed by atoms with Crippen LogP contribution in [0.3, 0.4) is 0 Å². The van der Waals surface area contributed by atoms with E-state index < -0.39 is 17.1 Å². The van der Waals surface area contributed by atoms with Crippen molar-refractivity contribution < 1.29 is 27.4 Å². The number of benzene rings is 2. The van der Waals surface area contributed by atoms with E-state index in [2.05, 4.69) is 14.7 Å². The highest BCUT2D eigenvalue weighted by Gasteiger charge is 2.48. The summed E-state index contributed by atoms with van der Waals surface area (Å²) in [5, 5.41) is -1.50. The Morgan fingerprint density at radius 3 is 2.05 bits per heavy atom. The SMILES string of the molecule is Bc1nc(CN2C(=O)c3cc(-c4ccc(OC(F)(F)F)cc4)ccc3OC(B)(B)C2(B)B)nc(B)c1B. The second-order valence-electron chi connectivity index (χ2n) is 10.3. The van der Waals surface area contributed by atoms with Crippen LogP contribution in [0.15, 0.2) is 42.5 Å². The molecule has 182 valence electrons. The molecule has 6 nitrogen and oxygen atoms in total. The van der Waals surface area contributed by atoms with E-state index in [0.717, 1.165) is 16.6 Å².